The number of fused-ring (bicyclic) bond motifs is 1. The predicted molar refractivity (Wildman–Crippen MR) is 102 cm³/mol. The summed E-state index contributed by atoms with van der Waals surface area (Å²) in [5, 5.41) is 5.94. The molecular formula is C21H20N4O2. The van der Waals surface area contributed by atoms with Crippen molar-refractivity contribution in [2.75, 3.05) is 5.32 Å². The second kappa shape index (κ2) is 7.07. The summed E-state index contributed by atoms with van der Waals surface area (Å²) in [4.78, 5) is 28.9. The van der Waals surface area contributed by atoms with Gasteiger partial charge in [-0.3, -0.25) is 9.59 Å². The van der Waals surface area contributed by atoms with Gasteiger partial charge in [-0.05, 0) is 35.7 Å². The molecular weight excluding hydrogens is 340 g/mol. The summed E-state index contributed by atoms with van der Waals surface area (Å²) in [5.74, 6) is 0.602. The van der Waals surface area contributed by atoms with Crippen molar-refractivity contribution >= 4 is 17.5 Å². The molecule has 1 aliphatic rings. The molecule has 0 saturated carbocycles. The Hall–Kier alpha value is -3.41. The fraction of sp³-hybridized carbons (Fsp3) is 0.190. The zero-order chi connectivity index (χ0) is 18.8. The molecule has 0 spiro atoms. The number of amides is 2. The monoisotopic (exact) mass is 360 g/mol. The number of carbonyl (C=O) groups is 2. The Morgan fingerprint density at radius 3 is 2.74 bits per heavy atom. The smallest absolute Gasteiger partial charge is 0.252 e. The van der Waals surface area contributed by atoms with Crippen LogP contribution < -0.4 is 10.6 Å². The highest BCUT2D eigenvalue weighted by molar-refractivity contribution is 5.98. The molecule has 6 nitrogen and oxygen atoms in total. The van der Waals surface area contributed by atoms with Gasteiger partial charge in [-0.1, -0.05) is 30.3 Å². The summed E-state index contributed by atoms with van der Waals surface area (Å²) < 4.78 is 1.90. The number of hydrogen-bond donors (Lipinski definition) is 2. The van der Waals surface area contributed by atoms with Gasteiger partial charge in [0.05, 0.1) is 0 Å². The lowest BCUT2D eigenvalue weighted by atomic mass is 9.99. The van der Waals surface area contributed by atoms with Crippen molar-refractivity contribution in [3.63, 3.8) is 0 Å². The molecule has 0 unspecified atom stereocenters. The highest BCUT2D eigenvalue weighted by Crippen LogP contribution is 2.25. The van der Waals surface area contributed by atoms with E-state index in [0.29, 0.717) is 18.4 Å². The van der Waals surface area contributed by atoms with E-state index < -0.39 is 0 Å². The van der Waals surface area contributed by atoms with Crippen LogP contribution in [0.4, 0.5) is 5.69 Å². The average Bonchev–Trinajstić information content (AvgIpc) is 3.11. The molecule has 1 aliphatic heterocycles. The second-order valence-corrected chi connectivity index (χ2v) is 6.63. The van der Waals surface area contributed by atoms with E-state index in [1.807, 2.05) is 54.2 Å². The Morgan fingerprint density at radius 1 is 1.19 bits per heavy atom. The van der Waals surface area contributed by atoms with E-state index in [-0.39, 0.29) is 17.9 Å². The Kier molecular flexibility index (Phi) is 4.46. The van der Waals surface area contributed by atoms with Gasteiger partial charge in [0.2, 0.25) is 5.91 Å². The summed E-state index contributed by atoms with van der Waals surface area (Å²) >= 11 is 0. The second-order valence-electron chi connectivity index (χ2n) is 6.63. The van der Waals surface area contributed by atoms with Crippen LogP contribution in [0.5, 0.6) is 0 Å². The first-order valence-corrected chi connectivity index (χ1v) is 8.87. The van der Waals surface area contributed by atoms with Gasteiger partial charge in [0.1, 0.15) is 11.9 Å². The van der Waals surface area contributed by atoms with E-state index in [0.717, 1.165) is 22.6 Å². The number of aryl methyl sites for hydroxylation is 2. The van der Waals surface area contributed by atoms with Crippen LogP contribution in [0.2, 0.25) is 0 Å². The third-order valence-electron chi connectivity index (χ3n) is 4.79. The molecule has 3 aromatic rings. The van der Waals surface area contributed by atoms with Gasteiger partial charge in [-0.25, -0.2) is 4.98 Å². The van der Waals surface area contributed by atoms with Crippen molar-refractivity contribution in [2.45, 2.75) is 18.9 Å². The van der Waals surface area contributed by atoms with E-state index in [1.54, 1.807) is 18.3 Å². The molecule has 0 radical (unpaired) electrons. The molecule has 6 heteroatoms. The van der Waals surface area contributed by atoms with Crippen LogP contribution in [0.3, 0.4) is 0 Å². The van der Waals surface area contributed by atoms with Crippen LogP contribution in [-0.2, 0) is 18.3 Å². The number of imidazole rings is 1. The van der Waals surface area contributed by atoms with Crippen LogP contribution in [0.15, 0.2) is 60.9 Å². The SMILES string of the molecule is Cn1ccnc1[C@@H](NC(=O)c1ccc2c(c1)CCC(=O)N2)c1ccccc1. The predicted octanol–water partition coefficient (Wildman–Crippen LogP) is 2.82. The molecule has 1 aromatic heterocycles. The Balaban J connectivity index is 1.63. The maximum Gasteiger partial charge on any atom is 0.252 e. The molecule has 2 N–H and O–H groups in total. The fourth-order valence-corrected chi connectivity index (χ4v) is 3.34. The standard InChI is InChI=1S/C21H20N4O2/c1-25-12-11-22-20(25)19(14-5-3-2-4-6-14)24-21(27)16-7-9-17-15(13-16)8-10-18(26)23-17/h2-7,9,11-13,19H,8,10H2,1H3,(H,23,26)(H,24,27)/t19-/m0/s1. The lowest BCUT2D eigenvalue weighted by Gasteiger charge is -2.21. The van der Waals surface area contributed by atoms with E-state index >= 15 is 0 Å². The Labute approximate surface area is 157 Å². The number of aromatic nitrogens is 2. The number of anilines is 1. The van der Waals surface area contributed by atoms with Crippen molar-refractivity contribution in [3.8, 4) is 0 Å². The van der Waals surface area contributed by atoms with Crippen molar-refractivity contribution < 1.29 is 9.59 Å². The van der Waals surface area contributed by atoms with Gasteiger partial charge in [0, 0.05) is 37.1 Å². The van der Waals surface area contributed by atoms with Crippen LogP contribution in [-0.4, -0.2) is 21.4 Å². The molecule has 2 amide bonds. The van der Waals surface area contributed by atoms with Gasteiger partial charge < -0.3 is 15.2 Å². The zero-order valence-electron chi connectivity index (χ0n) is 15.0. The zero-order valence-corrected chi connectivity index (χ0v) is 15.0. The quantitative estimate of drug-likeness (QED) is 0.751. The number of benzene rings is 2. The van der Waals surface area contributed by atoms with Crippen molar-refractivity contribution in [3.05, 3.63) is 83.4 Å². The first-order chi connectivity index (χ1) is 13.1. The molecule has 0 bridgehead atoms. The number of nitrogens with one attached hydrogen (secondary N) is 2. The molecule has 1 atom stereocenters. The maximum absolute atomic E-state index is 12.9. The highest BCUT2D eigenvalue weighted by atomic mass is 16.2. The summed E-state index contributed by atoms with van der Waals surface area (Å²) in [7, 11) is 1.91. The normalized spacial score (nSPS) is 14.2. The topological polar surface area (TPSA) is 76.0 Å². The van der Waals surface area contributed by atoms with Gasteiger partial charge in [0.25, 0.3) is 5.91 Å². The first-order valence-electron chi connectivity index (χ1n) is 8.87. The molecule has 27 heavy (non-hydrogen) atoms. The fourth-order valence-electron chi connectivity index (χ4n) is 3.34. The third-order valence-corrected chi connectivity index (χ3v) is 4.79. The van der Waals surface area contributed by atoms with Crippen LogP contribution in [0.1, 0.15) is 39.8 Å². The summed E-state index contributed by atoms with van der Waals surface area (Å²) in [6, 6.07) is 14.8. The van der Waals surface area contributed by atoms with Crippen LogP contribution >= 0.6 is 0 Å². The van der Waals surface area contributed by atoms with E-state index in [1.165, 1.54) is 0 Å². The Morgan fingerprint density at radius 2 is 2.00 bits per heavy atom. The van der Waals surface area contributed by atoms with Gasteiger partial charge >= 0.3 is 0 Å². The van der Waals surface area contributed by atoms with Crippen LogP contribution in [0.25, 0.3) is 0 Å². The summed E-state index contributed by atoms with van der Waals surface area (Å²) in [6.45, 7) is 0. The lowest BCUT2D eigenvalue weighted by Crippen LogP contribution is -2.31. The van der Waals surface area contributed by atoms with Crippen LogP contribution in [0, 0.1) is 0 Å². The molecule has 0 fully saturated rings. The van der Waals surface area contributed by atoms with E-state index in [2.05, 4.69) is 15.6 Å². The third kappa shape index (κ3) is 3.46. The van der Waals surface area contributed by atoms with E-state index in [9.17, 15) is 9.59 Å². The number of carbonyl (C=O) groups excluding carboxylic acids is 2. The number of rotatable bonds is 4. The molecule has 136 valence electrons. The average molecular weight is 360 g/mol. The van der Waals surface area contributed by atoms with Crippen molar-refractivity contribution in [1.29, 1.82) is 0 Å². The summed E-state index contributed by atoms with van der Waals surface area (Å²) in [5.41, 5.74) is 3.30. The minimum absolute atomic E-state index is 0.0126. The molecule has 2 aromatic carbocycles. The van der Waals surface area contributed by atoms with Gasteiger partial charge in [-0.2, -0.15) is 0 Å². The van der Waals surface area contributed by atoms with Gasteiger partial charge in [0.15, 0.2) is 0 Å². The Bertz CT molecular complexity index is 994. The van der Waals surface area contributed by atoms with Crippen molar-refractivity contribution in [1.82, 2.24) is 14.9 Å². The minimum Gasteiger partial charge on any atom is -0.338 e. The first kappa shape index (κ1) is 17.0. The maximum atomic E-state index is 12.9. The molecule has 4 rings (SSSR count). The molecule has 2 heterocycles. The number of nitrogens with zero attached hydrogens (tertiary/aromatic N) is 2. The molecule has 0 aliphatic carbocycles. The number of hydrogen-bond acceptors (Lipinski definition) is 3. The lowest BCUT2D eigenvalue weighted by molar-refractivity contribution is -0.116. The van der Waals surface area contributed by atoms with Crippen molar-refractivity contribution in [2.24, 2.45) is 7.05 Å². The largest absolute Gasteiger partial charge is 0.338 e. The summed E-state index contributed by atoms with van der Waals surface area (Å²) in [6.07, 6.45) is 4.67. The van der Waals surface area contributed by atoms with E-state index in [4.69, 9.17) is 0 Å². The molecule has 0 saturated heterocycles. The highest BCUT2D eigenvalue weighted by Gasteiger charge is 2.22. The van der Waals surface area contributed by atoms with Gasteiger partial charge in [-0.15, -0.1) is 0 Å². The minimum atomic E-state index is -0.352.